The van der Waals surface area contributed by atoms with E-state index in [0.717, 1.165) is 0 Å². The van der Waals surface area contributed by atoms with Crippen LogP contribution in [0.4, 0.5) is 5.69 Å². The van der Waals surface area contributed by atoms with Crippen LogP contribution in [0.15, 0.2) is 12.1 Å². The summed E-state index contributed by atoms with van der Waals surface area (Å²) >= 11 is 0. The van der Waals surface area contributed by atoms with E-state index in [4.69, 9.17) is 19.9 Å². The molecule has 0 saturated carbocycles. The van der Waals surface area contributed by atoms with Crippen molar-refractivity contribution in [1.29, 1.82) is 0 Å². The second-order valence-electron chi connectivity index (χ2n) is 5.06. The van der Waals surface area contributed by atoms with Gasteiger partial charge in [-0.2, -0.15) is 0 Å². The molecular weight excluding hydrogens is 284 g/mol. The van der Waals surface area contributed by atoms with Gasteiger partial charge in [-0.25, -0.2) is 0 Å². The summed E-state index contributed by atoms with van der Waals surface area (Å²) in [5.41, 5.74) is 5.82. The van der Waals surface area contributed by atoms with E-state index in [9.17, 15) is 4.79 Å². The molecule has 0 aliphatic rings. The zero-order chi connectivity index (χ0) is 16.8. The summed E-state index contributed by atoms with van der Waals surface area (Å²) in [6.45, 7) is 4.23. The molecule has 124 valence electrons. The molecule has 1 aromatic carbocycles. The maximum atomic E-state index is 12.6. The van der Waals surface area contributed by atoms with Crippen LogP contribution in [-0.4, -0.2) is 33.8 Å². The molecule has 0 aromatic heterocycles. The first-order valence-electron chi connectivity index (χ1n) is 7.33. The maximum Gasteiger partial charge on any atom is 0.231 e. The molecule has 0 bridgehead atoms. The molecule has 0 spiro atoms. The Morgan fingerprint density at radius 3 is 1.91 bits per heavy atom. The van der Waals surface area contributed by atoms with E-state index >= 15 is 0 Å². The largest absolute Gasteiger partial charge is 0.493 e. The number of ether oxygens (including phenoxy) is 3. The third-order valence-corrected chi connectivity index (χ3v) is 4.15. The molecule has 0 fully saturated rings. The van der Waals surface area contributed by atoms with Gasteiger partial charge in [-0.15, -0.1) is 0 Å². The Labute approximate surface area is 131 Å². The number of nitrogens with one attached hydrogen (secondary N) is 1. The third kappa shape index (κ3) is 3.44. The predicted molar refractivity (Wildman–Crippen MR) is 86.8 cm³/mol. The lowest BCUT2D eigenvalue weighted by atomic mass is 9.81. The van der Waals surface area contributed by atoms with Crippen LogP contribution in [0.3, 0.4) is 0 Å². The molecule has 1 rings (SSSR count). The van der Waals surface area contributed by atoms with Gasteiger partial charge in [0.15, 0.2) is 11.5 Å². The summed E-state index contributed by atoms with van der Waals surface area (Å²) in [6, 6.07) is 3.40. The first-order valence-corrected chi connectivity index (χ1v) is 7.33. The van der Waals surface area contributed by atoms with Crippen LogP contribution in [0.25, 0.3) is 0 Å². The number of hydrogen-bond donors (Lipinski definition) is 2. The summed E-state index contributed by atoms with van der Waals surface area (Å²) in [7, 11) is 4.60. The van der Waals surface area contributed by atoms with Gasteiger partial charge in [0.05, 0.1) is 26.7 Å². The fourth-order valence-electron chi connectivity index (χ4n) is 2.37. The number of benzene rings is 1. The Balaban J connectivity index is 3.15. The molecule has 0 aliphatic heterocycles. The Hall–Kier alpha value is -1.95. The van der Waals surface area contributed by atoms with Gasteiger partial charge < -0.3 is 25.3 Å². The lowest BCUT2D eigenvalue weighted by molar-refractivity contribution is -0.125. The number of carbonyl (C=O) groups is 1. The Bertz CT molecular complexity index is 480. The van der Waals surface area contributed by atoms with Crippen molar-refractivity contribution in [3.8, 4) is 17.2 Å². The number of carbonyl (C=O) groups excluding carboxylic acids is 1. The highest BCUT2D eigenvalue weighted by Gasteiger charge is 2.33. The summed E-state index contributed by atoms with van der Waals surface area (Å²) in [5, 5.41) is 2.90. The molecule has 0 saturated heterocycles. The Morgan fingerprint density at radius 2 is 1.59 bits per heavy atom. The van der Waals surface area contributed by atoms with Gasteiger partial charge in [-0.05, 0) is 12.8 Å². The molecule has 6 heteroatoms. The Kier molecular flexibility index (Phi) is 6.49. The molecule has 0 heterocycles. The predicted octanol–water partition coefficient (Wildman–Crippen LogP) is 2.42. The van der Waals surface area contributed by atoms with Crippen LogP contribution in [0.1, 0.15) is 26.7 Å². The normalized spacial score (nSPS) is 11.0. The zero-order valence-electron chi connectivity index (χ0n) is 14.0. The number of rotatable bonds is 8. The minimum Gasteiger partial charge on any atom is -0.493 e. The monoisotopic (exact) mass is 310 g/mol. The molecule has 22 heavy (non-hydrogen) atoms. The summed E-state index contributed by atoms with van der Waals surface area (Å²) < 4.78 is 15.8. The van der Waals surface area contributed by atoms with Gasteiger partial charge in [-0.1, -0.05) is 13.8 Å². The van der Waals surface area contributed by atoms with Crippen LogP contribution < -0.4 is 25.3 Å². The summed E-state index contributed by atoms with van der Waals surface area (Å²) in [5.74, 6) is 1.36. The second kappa shape index (κ2) is 7.89. The van der Waals surface area contributed by atoms with E-state index in [1.807, 2.05) is 13.8 Å². The topological polar surface area (TPSA) is 82.8 Å². The van der Waals surface area contributed by atoms with Crippen molar-refractivity contribution in [3.63, 3.8) is 0 Å². The van der Waals surface area contributed by atoms with Crippen LogP contribution in [-0.2, 0) is 4.79 Å². The van der Waals surface area contributed by atoms with Crippen LogP contribution in [0, 0.1) is 5.41 Å². The maximum absolute atomic E-state index is 12.6. The minimum absolute atomic E-state index is 0.103. The SMILES string of the molecule is CCC(CC)(CN)C(=O)Nc1cc(OC)c(OC)c(OC)c1. The quantitative estimate of drug-likeness (QED) is 0.770. The van der Waals surface area contributed by atoms with Crippen molar-refractivity contribution in [2.24, 2.45) is 11.1 Å². The van der Waals surface area contributed by atoms with Crippen molar-refractivity contribution >= 4 is 11.6 Å². The van der Waals surface area contributed by atoms with Gasteiger partial charge in [-0.3, -0.25) is 4.79 Å². The lowest BCUT2D eigenvalue weighted by Crippen LogP contribution is -2.41. The number of amides is 1. The van der Waals surface area contributed by atoms with Gasteiger partial charge in [0.25, 0.3) is 0 Å². The van der Waals surface area contributed by atoms with E-state index < -0.39 is 5.41 Å². The second-order valence-corrected chi connectivity index (χ2v) is 5.06. The van der Waals surface area contributed by atoms with E-state index in [0.29, 0.717) is 42.3 Å². The molecular formula is C16H26N2O4. The van der Waals surface area contributed by atoms with Gasteiger partial charge in [0.2, 0.25) is 11.7 Å². The number of hydrogen-bond acceptors (Lipinski definition) is 5. The first kappa shape index (κ1) is 18.1. The smallest absolute Gasteiger partial charge is 0.231 e. The average molecular weight is 310 g/mol. The van der Waals surface area contributed by atoms with Gasteiger partial charge >= 0.3 is 0 Å². The molecule has 3 N–H and O–H groups in total. The van der Waals surface area contributed by atoms with Crippen molar-refractivity contribution < 1.29 is 19.0 Å². The summed E-state index contributed by atoms with van der Waals surface area (Å²) in [6.07, 6.45) is 1.35. The fourth-order valence-corrected chi connectivity index (χ4v) is 2.37. The molecule has 1 amide bonds. The molecule has 0 radical (unpaired) electrons. The number of methoxy groups -OCH3 is 3. The van der Waals surface area contributed by atoms with Crippen molar-refractivity contribution in [3.05, 3.63) is 12.1 Å². The minimum atomic E-state index is -0.569. The number of anilines is 1. The van der Waals surface area contributed by atoms with Crippen molar-refractivity contribution in [2.75, 3.05) is 33.2 Å². The highest BCUT2D eigenvalue weighted by Crippen LogP contribution is 2.40. The molecule has 0 unspecified atom stereocenters. The van der Waals surface area contributed by atoms with Crippen LogP contribution in [0.2, 0.25) is 0 Å². The molecule has 0 atom stereocenters. The van der Waals surface area contributed by atoms with Gasteiger partial charge in [0.1, 0.15) is 0 Å². The van der Waals surface area contributed by atoms with E-state index in [1.54, 1.807) is 12.1 Å². The lowest BCUT2D eigenvalue weighted by Gasteiger charge is -2.28. The Morgan fingerprint density at radius 1 is 1.09 bits per heavy atom. The number of nitrogens with two attached hydrogens (primary N) is 1. The summed E-state index contributed by atoms with van der Waals surface area (Å²) in [4.78, 5) is 12.6. The zero-order valence-corrected chi connectivity index (χ0v) is 14.0. The standard InChI is InChI=1S/C16H26N2O4/c1-6-16(7-2,10-17)15(19)18-11-8-12(20-3)14(22-5)13(9-11)21-4/h8-9H,6-7,10,17H2,1-5H3,(H,18,19). The highest BCUT2D eigenvalue weighted by atomic mass is 16.5. The fraction of sp³-hybridized carbons (Fsp3) is 0.562. The molecule has 0 aliphatic carbocycles. The van der Waals surface area contributed by atoms with E-state index in [1.165, 1.54) is 21.3 Å². The molecule has 6 nitrogen and oxygen atoms in total. The first-order chi connectivity index (χ1) is 10.5. The van der Waals surface area contributed by atoms with Crippen molar-refractivity contribution in [2.45, 2.75) is 26.7 Å². The highest BCUT2D eigenvalue weighted by molar-refractivity contribution is 5.96. The average Bonchev–Trinajstić information content (AvgIpc) is 2.55. The van der Waals surface area contributed by atoms with Crippen molar-refractivity contribution in [1.82, 2.24) is 0 Å². The van der Waals surface area contributed by atoms with Gasteiger partial charge in [0, 0.05) is 24.4 Å². The molecule has 1 aromatic rings. The third-order valence-electron chi connectivity index (χ3n) is 4.15. The van der Waals surface area contributed by atoms with Crippen LogP contribution >= 0.6 is 0 Å². The van der Waals surface area contributed by atoms with E-state index in [-0.39, 0.29) is 5.91 Å². The van der Waals surface area contributed by atoms with Crippen LogP contribution in [0.5, 0.6) is 17.2 Å². The van der Waals surface area contributed by atoms with E-state index in [2.05, 4.69) is 5.32 Å².